The van der Waals surface area contributed by atoms with Crippen LogP contribution in [-0.2, 0) is 11.3 Å². The van der Waals surface area contributed by atoms with Crippen LogP contribution in [0.3, 0.4) is 0 Å². The summed E-state index contributed by atoms with van der Waals surface area (Å²) in [6.07, 6.45) is 2.62. The molecule has 0 heterocycles. The molecule has 1 aliphatic rings. The summed E-state index contributed by atoms with van der Waals surface area (Å²) in [4.78, 5) is 0. The van der Waals surface area contributed by atoms with Crippen molar-refractivity contribution in [3.63, 3.8) is 0 Å². The van der Waals surface area contributed by atoms with Gasteiger partial charge in [-0.25, -0.2) is 0 Å². The monoisotopic (exact) mass is 313 g/mol. The molecule has 0 amide bonds. The molecule has 4 heteroatoms. The lowest BCUT2D eigenvalue weighted by Gasteiger charge is -2.15. The van der Waals surface area contributed by atoms with Crippen molar-refractivity contribution in [1.29, 1.82) is 0 Å². The molecule has 1 aromatic carbocycles. The Hall–Kier alpha value is -0.580. The molecular weight excluding hydrogens is 294 g/mol. The summed E-state index contributed by atoms with van der Waals surface area (Å²) in [6.45, 7) is 4.02. The fourth-order valence-corrected chi connectivity index (χ4v) is 2.55. The van der Waals surface area contributed by atoms with Gasteiger partial charge in [-0.05, 0) is 50.4 Å². The molecule has 0 aliphatic heterocycles. The molecular formula is C14H20BrNO2. The van der Waals surface area contributed by atoms with Gasteiger partial charge in [0.2, 0.25) is 0 Å². The summed E-state index contributed by atoms with van der Waals surface area (Å²) < 4.78 is 12.4. The third-order valence-corrected chi connectivity index (χ3v) is 3.48. The number of aryl methyl sites for hydroxylation is 1. The quantitative estimate of drug-likeness (QED) is 0.619. The Balaban J connectivity index is 1.95. The van der Waals surface area contributed by atoms with Crippen LogP contribution < -0.4 is 10.1 Å². The van der Waals surface area contributed by atoms with Crippen molar-refractivity contribution in [3.05, 3.63) is 27.7 Å². The molecule has 3 nitrogen and oxygen atoms in total. The number of rotatable bonds is 7. The Morgan fingerprint density at radius 2 is 2.17 bits per heavy atom. The Morgan fingerprint density at radius 1 is 1.39 bits per heavy atom. The summed E-state index contributed by atoms with van der Waals surface area (Å²) in [7, 11) is 1.93. The predicted molar refractivity (Wildman–Crippen MR) is 75.8 cm³/mol. The van der Waals surface area contributed by atoms with Gasteiger partial charge in [0.25, 0.3) is 0 Å². The van der Waals surface area contributed by atoms with E-state index in [0.29, 0.717) is 6.79 Å². The highest BCUT2D eigenvalue weighted by atomic mass is 79.9. The van der Waals surface area contributed by atoms with E-state index in [1.807, 2.05) is 7.05 Å². The molecule has 0 spiro atoms. The molecule has 0 saturated heterocycles. The van der Waals surface area contributed by atoms with Crippen LogP contribution in [0.2, 0.25) is 0 Å². The fraction of sp³-hybridized carbons (Fsp3) is 0.571. The van der Waals surface area contributed by atoms with E-state index in [9.17, 15) is 0 Å². The lowest BCUT2D eigenvalue weighted by Crippen LogP contribution is -2.11. The maximum Gasteiger partial charge on any atom is 0.189 e. The van der Waals surface area contributed by atoms with Crippen LogP contribution in [0.25, 0.3) is 0 Å². The SMILES string of the molecule is CNCc1cc(Br)cc(C)c1OCOCC1CC1. The van der Waals surface area contributed by atoms with Crippen LogP contribution in [0, 0.1) is 12.8 Å². The van der Waals surface area contributed by atoms with E-state index >= 15 is 0 Å². The molecule has 0 bridgehead atoms. The van der Waals surface area contributed by atoms with Crippen molar-refractivity contribution in [3.8, 4) is 5.75 Å². The summed E-state index contributed by atoms with van der Waals surface area (Å²) in [6, 6.07) is 4.15. The van der Waals surface area contributed by atoms with Crippen LogP contribution in [0.15, 0.2) is 16.6 Å². The van der Waals surface area contributed by atoms with Gasteiger partial charge in [0, 0.05) is 16.6 Å². The first-order chi connectivity index (χ1) is 8.70. The number of nitrogens with one attached hydrogen (secondary N) is 1. The third kappa shape index (κ3) is 3.97. The van der Waals surface area contributed by atoms with E-state index in [0.717, 1.165) is 40.4 Å². The summed E-state index contributed by atoms with van der Waals surface area (Å²) in [5.41, 5.74) is 2.28. The zero-order valence-corrected chi connectivity index (χ0v) is 12.5. The zero-order valence-electron chi connectivity index (χ0n) is 11.0. The van der Waals surface area contributed by atoms with E-state index in [1.54, 1.807) is 0 Å². The smallest absolute Gasteiger partial charge is 0.189 e. The molecule has 1 N–H and O–H groups in total. The van der Waals surface area contributed by atoms with Gasteiger partial charge in [0.1, 0.15) is 5.75 Å². The normalized spacial score (nSPS) is 14.8. The van der Waals surface area contributed by atoms with Crippen molar-refractivity contribution >= 4 is 15.9 Å². The first kappa shape index (κ1) is 13.8. The second kappa shape index (κ2) is 6.55. The van der Waals surface area contributed by atoms with Gasteiger partial charge >= 0.3 is 0 Å². The molecule has 0 atom stereocenters. The van der Waals surface area contributed by atoms with Gasteiger partial charge in [-0.1, -0.05) is 15.9 Å². The Morgan fingerprint density at radius 3 is 2.83 bits per heavy atom. The van der Waals surface area contributed by atoms with Crippen LogP contribution in [0.1, 0.15) is 24.0 Å². The van der Waals surface area contributed by atoms with Crippen LogP contribution in [-0.4, -0.2) is 20.4 Å². The molecule has 0 unspecified atom stereocenters. The molecule has 1 fully saturated rings. The first-order valence-electron chi connectivity index (χ1n) is 6.35. The van der Waals surface area contributed by atoms with Gasteiger partial charge in [0.05, 0.1) is 6.61 Å². The van der Waals surface area contributed by atoms with Gasteiger partial charge in [-0.2, -0.15) is 0 Å². The lowest BCUT2D eigenvalue weighted by molar-refractivity contribution is 0.00904. The first-order valence-corrected chi connectivity index (χ1v) is 7.14. The van der Waals surface area contributed by atoms with Crippen molar-refractivity contribution < 1.29 is 9.47 Å². The summed E-state index contributed by atoms with van der Waals surface area (Å²) in [5, 5.41) is 3.16. The highest BCUT2D eigenvalue weighted by Gasteiger charge is 2.21. The van der Waals surface area contributed by atoms with Crippen molar-refractivity contribution in [1.82, 2.24) is 5.32 Å². The maximum atomic E-state index is 5.77. The molecule has 100 valence electrons. The van der Waals surface area contributed by atoms with Gasteiger partial charge in [-0.3, -0.25) is 0 Å². The number of hydrogen-bond donors (Lipinski definition) is 1. The topological polar surface area (TPSA) is 30.5 Å². The average molecular weight is 314 g/mol. The minimum atomic E-state index is 0.343. The minimum absolute atomic E-state index is 0.343. The molecule has 1 aromatic rings. The number of ether oxygens (including phenoxy) is 2. The van der Waals surface area contributed by atoms with E-state index in [-0.39, 0.29) is 0 Å². The van der Waals surface area contributed by atoms with Gasteiger partial charge < -0.3 is 14.8 Å². The highest BCUT2D eigenvalue weighted by Crippen LogP contribution is 2.30. The molecule has 18 heavy (non-hydrogen) atoms. The average Bonchev–Trinajstić information content (AvgIpc) is 3.11. The zero-order chi connectivity index (χ0) is 13.0. The predicted octanol–water partition coefficient (Wildman–Crippen LogP) is 3.24. The van der Waals surface area contributed by atoms with E-state index < -0.39 is 0 Å². The van der Waals surface area contributed by atoms with E-state index in [2.05, 4.69) is 40.3 Å². The summed E-state index contributed by atoms with van der Waals surface area (Å²) in [5.74, 6) is 1.71. The largest absolute Gasteiger partial charge is 0.467 e. The third-order valence-electron chi connectivity index (χ3n) is 3.02. The van der Waals surface area contributed by atoms with Crippen molar-refractivity contribution in [2.75, 3.05) is 20.4 Å². The van der Waals surface area contributed by atoms with Crippen LogP contribution >= 0.6 is 15.9 Å². The van der Waals surface area contributed by atoms with Crippen LogP contribution in [0.5, 0.6) is 5.75 Å². The summed E-state index contributed by atoms with van der Waals surface area (Å²) >= 11 is 3.51. The second-order valence-electron chi connectivity index (χ2n) is 4.82. The molecule has 1 aliphatic carbocycles. The standard InChI is InChI=1S/C14H20BrNO2/c1-10-5-13(15)6-12(7-16-2)14(10)18-9-17-8-11-3-4-11/h5-6,11,16H,3-4,7-9H2,1-2H3. The van der Waals surface area contributed by atoms with Gasteiger partial charge in [-0.15, -0.1) is 0 Å². The molecule has 2 rings (SSSR count). The Labute approximate surface area is 117 Å². The number of hydrogen-bond acceptors (Lipinski definition) is 3. The van der Waals surface area contributed by atoms with Crippen molar-refractivity contribution in [2.45, 2.75) is 26.3 Å². The van der Waals surface area contributed by atoms with E-state index in [1.165, 1.54) is 12.8 Å². The fourth-order valence-electron chi connectivity index (χ4n) is 1.93. The number of halogens is 1. The Kier molecular flexibility index (Phi) is 5.03. The van der Waals surface area contributed by atoms with E-state index in [4.69, 9.17) is 9.47 Å². The highest BCUT2D eigenvalue weighted by molar-refractivity contribution is 9.10. The molecule has 0 radical (unpaired) electrons. The van der Waals surface area contributed by atoms with Crippen molar-refractivity contribution in [2.24, 2.45) is 5.92 Å². The second-order valence-corrected chi connectivity index (χ2v) is 5.73. The lowest BCUT2D eigenvalue weighted by atomic mass is 10.1. The van der Waals surface area contributed by atoms with Gasteiger partial charge in [0.15, 0.2) is 6.79 Å². The maximum absolute atomic E-state index is 5.77. The minimum Gasteiger partial charge on any atom is -0.467 e. The molecule has 0 aromatic heterocycles. The molecule has 1 saturated carbocycles. The Bertz CT molecular complexity index is 405. The number of benzene rings is 1. The van der Waals surface area contributed by atoms with Crippen LogP contribution in [0.4, 0.5) is 0 Å².